The molecule has 2 heterocycles. The molecule has 1 saturated carbocycles. The molecule has 4 atom stereocenters. The summed E-state index contributed by atoms with van der Waals surface area (Å²) in [4.78, 5) is 2.85. The fourth-order valence-electron chi connectivity index (χ4n) is 2.75. The molecule has 0 aromatic carbocycles. The SMILES string of the molecule is C[C@@H]1CO[C@]2([NH+]=C(N)[C@@]3(C#N)C[C@@]23C#N)O1. The molecule has 0 amide bonds. The number of hydrogen-bond acceptors (Lipinski definition) is 5. The van der Waals surface area contributed by atoms with Gasteiger partial charge in [-0.15, -0.1) is 0 Å². The number of amidine groups is 1. The standard InChI is InChI=1S/C10H10N4O2/c1-6-2-15-10(16-6)9(5-12)3-8(9,4-11)7(13)14-10/h6H,2-3H2,1H3,(H2,13,14)/p+1/t6-,8+,9+,10+/m1/s1. The number of fused-ring (bicyclic) bond motifs is 2. The van der Waals surface area contributed by atoms with Gasteiger partial charge in [0.25, 0.3) is 5.84 Å². The van der Waals surface area contributed by atoms with Gasteiger partial charge in [-0.2, -0.15) is 10.5 Å². The first kappa shape index (κ1) is 9.59. The van der Waals surface area contributed by atoms with Crippen molar-refractivity contribution in [2.45, 2.75) is 25.4 Å². The summed E-state index contributed by atoms with van der Waals surface area (Å²) in [6, 6.07) is 4.27. The second-order valence-electron chi connectivity index (χ2n) is 4.61. The molecule has 0 radical (unpaired) electrons. The number of nitrogens with zero attached hydrogens (tertiary/aromatic N) is 2. The predicted molar refractivity (Wildman–Crippen MR) is 50.1 cm³/mol. The first-order chi connectivity index (χ1) is 7.56. The Hall–Kier alpha value is -1.63. The van der Waals surface area contributed by atoms with Crippen molar-refractivity contribution < 1.29 is 14.5 Å². The summed E-state index contributed by atoms with van der Waals surface area (Å²) in [7, 11) is 0. The monoisotopic (exact) mass is 219 g/mol. The maximum Gasteiger partial charge on any atom is 0.343 e. The van der Waals surface area contributed by atoms with Gasteiger partial charge < -0.3 is 9.47 Å². The van der Waals surface area contributed by atoms with Gasteiger partial charge in [0.15, 0.2) is 10.8 Å². The third-order valence-corrected chi connectivity index (χ3v) is 3.72. The third kappa shape index (κ3) is 0.683. The fourth-order valence-corrected chi connectivity index (χ4v) is 2.75. The van der Waals surface area contributed by atoms with Crippen molar-refractivity contribution in [2.24, 2.45) is 16.6 Å². The van der Waals surface area contributed by atoms with E-state index in [0.29, 0.717) is 13.0 Å². The van der Waals surface area contributed by atoms with E-state index in [4.69, 9.17) is 15.2 Å². The molecule has 3 aliphatic rings. The van der Waals surface area contributed by atoms with E-state index in [1.165, 1.54) is 0 Å². The molecule has 3 N–H and O–H groups in total. The zero-order chi connectivity index (χ0) is 11.6. The molecular weight excluding hydrogens is 208 g/mol. The van der Waals surface area contributed by atoms with Crippen LogP contribution >= 0.6 is 0 Å². The Morgan fingerprint density at radius 1 is 1.50 bits per heavy atom. The lowest BCUT2D eigenvalue weighted by molar-refractivity contribution is -0.677. The van der Waals surface area contributed by atoms with Gasteiger partial charge in [0.1, 0.15) is 0 Å². The molecule has 1 spiro atoms. The average Bonchev–Trinajstić information content (AvgIpc) is 2.78. The smallest absolute Gasteiger partial charge is 0.311 e. The van der Waals surface area contributed by atoms with Gasteiger partial charge in [-0.3, -0.25) is 5.73 Å². The van der Waals surface area contributed by atoms with Crippen LogP contribution in [0.1, 0.15) is 13.3 Å². The molecule has 2 aliphatic heterocycles. The summed E-state index contributed by atoms with van der Waals surface area (Å²) in [5.74, 6) is -0.938. The Morgan fingerprint density at radius 3 is 2.69 bits per heavy atom. The average molecular weight is 219 g/mol. The van der Waals surface area contributed by atoms with Crippen LogP contribution in [0.3, 0.4) is 0 Å². The van der Waals surface area contributed by atoms with Gasteiger partial charge in [-0.05, 0) is 6.92 Å². The van der Waals surface area contributed by atoms with E-state index in [0.717, 1.165) is 0 Å². The highest BCUT2D eigenvalue weighted by molar-refractivity contribution is 5.92. The van der Waals surface area contributed by atoms with Gasteiger partial charge in [0, 0.05) is 6.42 Å². The Kier molecular flexibility index (Phi) is 1.42. The predicted octanol–water partition coefficient (Wildman–Crippen LogP) is -2.05. The summed E-state index contributed by atoms with van der Waals surface area (Å²) in [6.07, 6.45) is 0.263. The highest BCUT2D eigenvalue weighted by Crippen LogP contribution is 2.70. The van der Waals surface area contributed by atoms with Crippen LogP contribution in [0.4, 0.5) is 0 Å². The minimum Gasteiger partial charge on any atom is -0.311 e. The summed E-state index contributed by atoms with van der Waals surface area (Å²) < 4.78 is 11.2. The second kappa shape index (κ2) is 2.37. The lowest BCUT2D eigenvalue weighted by atomic mass is 9.94. The van der Waals surface area contributed by atoms with Gasteiger partial charge in [-0.1, -0.05) is 0 Å². The molecule has 0 aromatic rings. The van der Waals surface area contributed by atoms with Gasteiger partial charge in [0.2, 0.25) is 0 Å². The topological polar surface area (TPSA) is 106 Å². The molecule has 0 aromatic heterocycles. The third-order valence-electron chi connectivity index (χ3n) is 3.72. The molecule has 0 unspecified atom stereocenters. The molecule has 16 heavy (non-hydrogen) atoms. The number of nitrogens with two attached hydrogens (primary N) is 1. The molecule has 0 bridgehead atoms. The highest BCUT2D eigenvalue weighted by Gasteiger charge is 2.91. The number of ether oxygens (including phenoxy) is 2. The fraction of sp³-hybridized carbons (Fsp3) is 0.700. The number of rotatable bonds is 0. The van der Waals surface area contributed by atoms with E-state index in [-0.39, 0.29) is 11.9 Å². The van der Waals surface area contributed by atoms with E-state index >= 15 is 0 Å². The van der Waals surface area contributed by atoms with Crippen molar-refractivity contribution in [3.8, 4) is 12.1 Å². The molecular formula is C10H11N4O2+. The molecule has 2 fully saturated rings. The largest absolute Gasteiger partial charge is 0.343 e. The lowest BCUT2D eigenvalue weighted by Gasteiger charge is -2.22. The Balaban J connectivity index is 2.13. The van der Waals surface area contributed by atoms with Gasteiger partial charge in [0.05, 0.1) is 24.8 Å². The molecule has 1 saturated heterocycles. The van der Waals surface area contributed by atoms with Crippen LogP contribution in [-0.4, -0.2) is 24.5 Å². The summed E-state index contributed by atoms with van der Waals surface area (Å²) >= 11 is 0. The number of nitrogens with one attached hydrogen (secondary N) is 1. The Bertz CT molecular complexity index is 490. The molecule has 3 rings (SSSR count). The van der Waals surface area contributed by atoms with Crippen molar-refractivity contribution in [1.29, 1.82) is 10.5 Å². The highest BCUT2D eigenvalue weighted by atomic mass is 16.8. The molecule has 6 heteroatoms. The Morgan fingerprint density at radius 2 is 2.25 bits per heavy atom. The number of nitriles is 2. The van der Waals surface area contributed by atoms with Crippen molar-refractivity contribution in [3.05, 3.63) is 0 Å². The summed E-state index contributed by atoms with van der Waals surface area (Å²) in [5, 5.41) is 18.5. The zero-order valence-electron chi connectivity index (χ0n) is 8.78. The summed E-state index contributed by atoms with van der Waals surface area (Å²) in [5.41, 5.74) is 3.85. The van der Waals surface area contributed by atoms with E-state index < -0.39 is 16.7 Å². The van der Waals surface area contributed by atoms with Crippen LogP contribution in [0.15, 0.2) is 0 Å². The minimum absolute atomic E-state index is 0.111. The lowest BCUT2D eigenvalue weighted by Crippen LogP contribution is -2.89. The number of hydrogen-bond donors (Lipinski definition) is 2. The van der Waals surface area contributed by atoms with E-state index in [1.807, 2.05) is 6.92 Å². The van der Waals surface area contributed by atoms with E-state index in [2.05, 4.69) is 17.1 Å². The quantitative estimate of drug-likeness (QED) is 0.487. The van der Waals surface area contributed by atoms with Crippen molar-refractivity contribution in [2.75, 3.05) is 6.61 Å². The second-order valence-corrected chi connectivity index (χ2v) is 4.61. The maximum atomic E-state index is 9.32. The molecule has 1 aliphatic carbocycles. The first-order valence-electron chi connectivity index (χ1n) is 5.11. The van der Waals surface area contributed by atoms with Crippen LogP contribution in [-0.2, 0) is 9.47 Å². The summed E-state index contributed by atoms with van der Waals surface area (Å²) in [6.45, 7) is 2.25. The Labute approximate surface area is 92.3 Å². The van der Waals surface area contributed by atoms with Crippen LogP contribution in [0.2, 0.25) is 0 Å². The molecule has 6 nitrogen and oxygen atoms in total. The minimum atomic E-state index is -1.22. The van der Waals surface area contributed by atoms with Crippen molar-refractivity contribution >= 4 is 5.84 Å². The zero-order valence-corrected chi connectivity index (χ0v) is 8.78. The van der Waals surface area contributed by atoms with Crippen LogP contribution in [0.25, 0.3) is 0 Å². The van der Waals surface area contributed by atoms with E-state index in [9.17, 15) is 10.5 Å². The van der Waals surface area contributed by atoms with Gasteiger partial charge in [-0.25, -0.2) is 4.99 Å². The normalized spacial score (nSPS) is 52.9. The first-order valence-corrected chi connectivity index (χ1v) is 5.11. The van der Waals surface area contributed by atoms with Gasteiger partial charge >= 0.3 is 5.91 Å². The van der Waals surface area contributed by atoms with Crippen LogP contribution in [0, 0.1) is 33.5 Å². The van der Waals surface area contributed by atoms with Crippen LogP contribution in [0.5, 0.6) is 0 Å². The molecule has 82 valence electrons. The van der Waals surface area contributed by atoms with Crippen molar-refractivity contribution in [1.82, 2.24) is 0 Å². The van der Waals surface area contributed by atoms with E-state index in [1.54, 1.807) is 0 Å². The van der Waals surface area contributed by atoms with Crippen molar-refractivity contribution in [3.63, 3.8) is 0 Å². The van der Waals surface area contributed by atoms with Crippen LogP contribution < -0.4 is 10.7 Å². The maximum absolute atomic E-state index is 9.32.